The van der Waals surface area contributed by atoms with E-state index in [-0.39, 0.29) is 11.4 Å². The number of rotatable bonds is 4. The summed E-state index contributed by atoms with van der Waals surface area (Å²) >= 11 is 0. The lowest BCUT2D eigenvalue weighted by atomic mass is 9.65. The van der Waals surface area contributed by atoms with Crippen molar-refractivity contribution in [3.8, 4) is 0 Å². The van der Waals surface area contributed by atoms with Crippen molar-refractivity contribution < 1.29 is 19.7 Å². The van der Waals surface area contributed by atoms with Crippen molar-refractivity contribution in [2.24, 2.45) is 5.41 Å². The Morgan fingerprint density at radius 1 is 1.24 bits per heavy atom. The van der Waals surface area contributed by atoms with Crippen LogP contribution in [0, 0.1) is 5.41 Å². The van der Waals surface area contributed by atoms with Crippen molar-refractivity contribution in [2.75, 3.05) is 7.11 Å². The summed E-state index contributed by atoms with van der Waals surface area (Å²) in [4.78, 5) is 11.1. The summed E-state index contributed by atoms with van der Waals surface area (Å²) in [6, 6.07) is 0. The number of hydrogen-bond acceptors (Lipinski definition) is 4. The van der Waals surface area contributed by atoms with Gasteiger partial charge in [-0.05, 0) is 49.8 Å². The fourth-order valence-electron chi connectivity index (χ4n) is 3.28. The molecule has 0 aromatic heterocycles. The second-order valence-corrected chi connectivity index (χ2v) is 7.56. The molecule has 0 heterocycles. The van der Waals surface area contributed by atoms with Gasteiger partial charge in [-0.3, -0.25) is 0 Å². The predicted molar refractivity (Wildman–Crippen MR) is 99.9 cm³/mol. The molecule has 2 atom stereocenters. The van der Waals surface area contributed by atoms with Crippen LogP contribution in [0.2, 0.25) is 0 Å². The quantitative estimate of drug-likeness (QED) is 0.353. The molecule has 2 N–H and O–H groups in total. The Kier molecular flexibility index (Phi) is 7.18. The first-order valence-corrected chi connectivity index (χ1v) is 8.47. The molecular weight excluding hydrogens is 316 g/mol. The molecule has 0 unspecified atom stereocenters. The standard InChI is InChI=1S/C21H30O4/c1-15(8-7-9-16(2)12-19(23)25-6)10-11-18-20(3,4)13-17(22)14-21(18,5)24/h7-10,12,17,22,24H,13-14H2,1-6H3/b9-7+,15-8+,16-12+/t11?,17-,21+/m0/s1. The van der Waals surface area contributed by atoms with Gasteiger partial charge in [0.05, 0.1) is 18.8 Å². The van der Waals surface area contributed by atoms with E-state index in [9.17, 15) is 15.0 Å². The second-order valence-electron chi connectivity index (χ2n) is 7.56. The molecule has 0 aromatic rings. The molecule has 0 radical (unpaired) electrons. The summed E-state index contributed by atoms with van der Waals surface area (Å²) < 4.78 is 4.58. The zero-order chi connectivity index (χ0) is 19.3. The average molecular weight is 346 g/mol. The van der Waals surface area contributed by atoms with Crippen LogP contribution in [0.25, 0.3) is 0 Å². The van der Waals surface area contributed by atoms with Gasteiger partial charge >= 0.3 is 5.97 Å². The Morgan fingerprint density at radius 3 is 2.44 bits per heavy atom. The highest BCUT2D eigenvalue weighted by molar-refractivity contribution is 5.83. The van der Waals surface area contributed by atoms with E-state index in [4.69, 9.17) is 0 Å². The molecule has 0 saturated heterocycles. The molecule has 1 aliphatic carbocycles. The molecule has 4 nitrogen and oxygen atoms in total. The zero-order valence-electron chi connectivity index (χ0n) is 16.1. The highest BCUT2D eigenvalue weighted by Crippen LogP contribution is 2.45. The maximum atomic E-state index is 11.1. The number of carbonyl (C=O) groups excluding carboxylic acids is 1. The van der Waals surface area contributed by atoms with Crippen LogP contribution >= 0.6 is 0 Å². The Morgan fingerprint density at radius 2 is 1.88 bits per heavy atom. The summed E-state index contributed by atoms with van der Waals surface area (Å²) in [5, 5.41) is 20.6. The molecule has 0 aromatic carbocycles. The minimum absolute atomic E-state index is 0.312. The van der Waals surface area contributed by atoms with Crippen LogP contribution in [-0.4, -0.2) is 35.0 Å². The Labute approximate surface area is 150 Å². The number of esters is 1. The minimum atomic E-state index is -1.06. The van der Waals surface area contributed by atoms with E-state index in [0.717, 1.165) is 16.7 Å². The first-order chi connectivity index (χ1) is 11.5. The van der Waals surface area contributed by atoms with Crippen LogP contribution in [0.3, 0.4) is 0 Å². The molecule has 0 aliphatic heterocycles. The van der Waals surface area contributed by atoms with Gasteiger partial charge in [-0.15, -0.1) is 5.73 Å². The van der Waals surface area contributed by atoms with Crippen LogP contribution < -0.4 is 0 Å². The first-order valence-electron chi connectivity index (χ1n) is 8.47. The zero-order valence-corrected chi connectivity index (χ0v) is 16.1. The number of carbonyl (C=O) groups is 1. The van der Waals surface area contributed by atoms with Crippen molar-refractivity contribution >= 4 is 5.97 Å². The van der Waals surface area contributed by atoms with E-state index in [1.54, 1.807) is 6.92 Å². The van der Waals surface area contributed by atoms with Crippen LogP contribution in [0.1, 0.15) is 47.5 Å². The lowest BCUT2D eigenvalue weighted by Crippen LogP contribution is -2.45. The fraction of sp³-hybridized carbons (Fsp3) is 0.524. The molecule has 1 fully saturated rings. The van der Waals surface area contributed by atoms with Crippen LogP contribution in [0.5, 0.6) is 0 Å². The molecule has 1 saturated carbocycles. The van der Waals surface area contributed by atoms with Crippen LogP contribution in [0.15, 0.2) is 52.8 Å². The van der Waals surface area contributed by atoms with Gasteiger partial charge in [0.1, 0.15) is 0 Å². The topological polar surface area (TPSA) is 66.8 Å². The lowest BCUT2D eigenvalue weighted by Gasteiger charge is -2.43. The van der Waals surface area contributed by atoms with Crippen molar-refractivity contribution in [2.45, 2.75) is 59.2 Å². The molecule has 4 heteroatoms. The minimum Gasteiger partial charge on any atom is -0.466 e. The second kappa shape index (κ2) is 8.48. The van der Waals surface area contributed by atoms with Crippen LogP contribution in [0.4, 0.5) is 0 Å². The van der Waals surface area contributed by atoms with Crippen LogP contribution in [-0.2, 0) is 9.53 Å². The third-order valence-corrected chi connectivity index (χ3v) is 4.30. The van der Waals surface area contributed by atoms with Gasteiger partial charge in [0.15, 0.2) is 0 Å². The van der Waals surface area contributed by atoms with E-state index in [1.165, 1.54) is 13.2 Å². The third-order valence-electron chi connectivity index (χ3n) is 4.30. The smallest absolute Gasteiger partial charge is 0.330 e. The average Bonchev–Trinajstić information content (AvgIpc) is 2.43. The number of aliphatic hydroxyl groups is 2. The number of hydrogen-bond donors (Lipinski definition) is 2. The van der Waals surface area contributed by atoms with Gasteiger partial charge in [-0.25, -0.2) is 4.79 Å². The van der Waals surface area contributed by atoms with E-state index in [2.05, 4.69) is 10.5 Å². The number of allylic oxidation sites excluding steroid dienone is 5. The SMILES string of the molecule is COC(=O)/C=C(C)/C=C/C=C(\C)C=C=C1C(C)(C)C[C@H](O)C[C@@]1(C)O. The van der Waals surface area contributed by atoms with Gasteiger partial charge in [0.2, 0.25) is 0 Å². The summed E-state index contributed by atoms with van der Waals surface area (Å²) in [6.07, 6.45) is 9.27. The Bertz CT molecular complexity index is 633. The van der Waals surface area contributed by atoms with Crippen molar-refractivity contribution in [3.05, 3.63) is 52.8 Å². The summed E-state index contributed by atoms with van der Waals surface area (Å²) in [7, 11) is 1.35. The van der Waals surface area contributed by atoms with E-state index < -0.39 is 11.7 Å². The molecule has 1 aliphatic rings. The van der Waals surface area contributed by atoms with Crippen molar-refractivity contribution in [1.82, 2.24) is 0 Å². The van der Waals surface area contributed by atoms with E-state index >= 15 is 0 Å². The maximum absolute atomic E-state index is 11.1. The van der Waals surface area contributed by atoms with Crippen molar-refractivity contribution in [3.63, 3.8) is 0 Å². The van der Waals surface area contributed by atoms with E-state index in [0.29, 0.717) is 12.8 Å². The van der Waals surface area contributed by atoms with Gasteiger partial charge in [-0.2, -0.15) is 0 Å². The maximum Gasteiger partial charge on any atom is 0.330 e. The van der Waals surface area contributed by atoms with Gasteiger partial charge < -0.3 is 14.9 Å². The highest BCUT2D eigenvalue weighted by atomic mass is 16.5. The molecule has 1 rings (SSSR count). The normalized spacial score (nSPS) is 27.2. The predicted octanol–water partition coefficient (Wildman–Crippen LogP) is 3.62. The molecule has 0 amide bonds. The lowest BCUT2D eigenvalue weighted by molar-refractivity contribution is -0.134. The number of methoxy groups -OCH3 is 1. The van der Waals surface area contributed by atoms with Gasteiger partial charge in [-0.1, -0.05) is 32.1 Å². The molecule has 25 heavy (non-hydrogen) atoms. The Hall–Kier alpha value is -1.87. The fourth-order valence-corrected chi connectivity index (χ4v) is 3.28. The van der Waals surface area contributed by atoms with Gasteiger partial charge in [0, 0.05) is 18.1 Å². The number of ether oxygens (including phenoxy) is 1. The summed E-state index contributed by atoms with van der Waals surface area (Å²) in [5.74, 6) is -0.378. The molecule has 0 bridgehead atoms. The van der Waals surface area contributed by atoms with E-state index in [1.807, 2.05) is 52.0 Å². The summed E-state index contributed by atoms with van der Waals surface area (Å²) in [6.45, 7) is 9.52. The summed E-state index contributed by atoms with van der Waals surface area (Å²) in [5.41, 5.74) is 4.44. The first kappa shape index (κ1) is 21.2. The Balaban J connectivity index is 2.99. The number of aliphatic hydroxyl groups excluding tert-OH is 1. The molecule has 0 spiro atoms. The molecular formula is C21H30O4. The van der Waals surface area contributed by atoms with Gasteiger partial charge in [0.25, 0.3) is 0 Å². The third kappa shape index (κ3) is 6.50. The largest absolute Gasteiger partial charge is 0.466 e. The monoisotopic (exact) mass is 346 g/mol. The highest BCUT2D eigenvalue weighted by Gasteiger charge is 2.44. The van der Waals surface area contributed by atoms with Crippen molar-refractivity contribution in [1.29, 1.82) is 0 Å². The molecule has 138 valence electrons.